The van der Waals surface area contributed by atoms with Crippen LogP contribution in [0.3, 0.4) is 0 Å². The quantitative estimate of drug-likeness (QED) is 0.0407. The number of alkyl carbamates (subject to hydrolysis) is 2. The van der Waals surface area contributed by atoms with Gasteiger partial charge in [-0.1, -0.05) is 12.8 Å². The predicted octanol–water partition coefficient (Wildman–Crippen LogP) is 3.25. The second kappa shape index (κ2) is 36.3. The van der Waals surface area contributed by atoms with Crippen molar-refractivity contribution in [2.45, 2.75) is 116 Å². The molecule has 0 unspecified atom stereocenters. The predicted molar refractivity (Wildman–Crippen MR) is 191 cm³/mol. The van der Waals surface area contributed by atoms with Crippen LogP contribution < -0.4 is 10.6 Å². The highest BCUT2D eigenvalue weighted by Crippen LogP contribution is 2.03. The molecular weight excluding hydrogens is 732 g/mol. The summed E-state index contributed by atoms with van der Waals surface area (Å²) in [4.78, 5) is 92.0. The first-order chi connectivity index (χ1) is 26.5. The van der Waals surface area contributed by atoms with E-state index < -0.39 is 48.0 Å². The van der Waals surface area contributed by atoms with Gasteiger partial charge in [0, 0.05) is 19.7 Å². The highest BCUT2D eigenvalue weighted by Gasteiger charge is 2.12. The van der Waals surface area contributed by atoms with E-state index in [-0.39, 0.29) is 91.4 Å². The minimum Gasteiger partial charge on any atom is -0.481 e. The van der Waals surface area contributed by atoms with Crippen LogP contribution in [0.5, 0.6) is 0 Å². The van der Waals surface area contributed by atoms with Gasteiger partial charge in [-0.25, -0.2) is 9.59 Å². The number of carboxylic acids is 1. The third kappa shape index (κ3) is 37.4. The largest absolute Gasteiger partial charge is 0.481 e. The number of rotatable bonds is 35. The normalized spacial score (nSPS) is 10.4. The second-order valence-corrected chi connectivity index (χ2v) is 12.1. The maximum atomic E-state index is 11.9. The van der Waals surface area contributed by atoms with E-state index in [0.29, 0.717) is 64.5 Å². The lowest BCUT2D eigenvalue weighted by Crippen LogP contribution is -2.26. The number of hydrogen-bond donors (Lipinski definition) is 4. The van der Waals surface area contributed by atoms with Gasteiger partial charge in [0.15, 0.2) is 0 Å². The fourth-order valence-electron chi connectivity index (χ4n) is 4.15. The van der Waals surface area contributed by atoms with Gasteiger partial charge in [0.2, 0.25) is 0 Å². The lowest BCUT2D eigenvalue weighted by molar-refractivity contribution is -0.151. The highest BCUT2D eigenvalue weighted by molar-refractivity contribution is 5.78. The standard InChI is InChI=1S/C36H60N2O17/c39-21-5-6-22-49-31(43)15-16-32(44)51-23-7-8-24-52-33(45)17-18-34(46)53-26-10-12-28-55-36(48)38-20-4-2-1-3-19-37-35(47)54-27-11-9-25-50-30(42)14-13-29(40)41/h39H,1-28H2,(H,37,47)(H,38,48)(H,40,41). The SMILES string of the molecule is O=C(O)CCC(=O)OCCCCOC(=O)NCCCCCCNC(=O)OCCCCOC(=O)CCC(=O)OCCCCOC(=O)CCC(=O)OCCCCO. The lowest BCUT2D eigenvalue weighted by atomic mass is 10.2. The smallest absolute Gasteiger partial charge is 0.407 e. The Morgan fingerprint density at radius 2 is 0.618 bits per heavy atom. The number of aliphatic hydroxyl groups is 1. The van der Waals surface area contributed by atoms with Gasteiger partial charge in [0.05, 0.1) is 84.8 Å². The maximum absolute atomic E-state index is 11.9. The van der Waals surface area contributed by atoms with Gasteiger partial charge in [-0.15, -0.1) is 0 Å². The molecule has 0 saturated heterocycles. The van der Waals surface area contributed by atoms with E-state index in [2.05, 4.69) is 10.6 Å². The summed E-state index contributed by atoms with van der Waals surface area (Å²) in [6.45, 7) is 1.90. The third-order valence-electron chi connectivity index (χ3n) is 7.20. The number of carboxylic acid groups (broad SMARTS) is 1. The first-order valence-corrected chi connectivity index (χ1v) is 19.0. The zero-order valence-corrected chi connectivity index (χ0v) is 31.8. The van der Waals surface area contributed by atoms with E-state index in [1.807, 2.05) is 0 Å². The van der Waals surface area contributed by atoms with E-state index in [9.17, 15) is 38.4 Å². The molecule has 0 rings (SSSR count). The molecule has 0 saturated carbocycles. The van der Waals surface area contributed by atoms with Crippen LogP contribution in [0.2, 0.25) is 0 Å². The van der Waals surface area contributed by atoms with Crippen molar-refractivity contribution in [2.75, 3.05) is 65.9 Å². The second-order valence-electron chi connectivity index (χ2n) is 12.1. The van der Waals surface area contributed by atoms with Crippen molar-refractivity contribution in [3.05, 3.63) is 0 Å². The van der Waals surface area contributed by atoms with E-state index in [0.717, 1.165) is 25.7 Å². The Balaban J connectivity index is 3.53. The first-order valence-electron chi connectivity index (χ1n) is 19.0. The molecule has 4 N–H and O–H groups in total. The van der Waals surface area contributed by atoms with Crippen molar-refractivity contribution < 1.29 is 81.7 Å². The first kappa shape index (κ1) is 50.3. The van der Waals surface area contributed by atoms with E-state index in [1.54, 1.807) is 0 Å². The zero-order chi connectivity index (χ0) is 40.8. The van der Waals surface area contributed by atoms with Crippen LogP contribution in [-0.2, 0) is 61.9 Å². The lowest BCUT2D eigenvalue weighted by Gasteiger charge is -2.08. The van der Waals surface area contributed by atoms with Gasteiger partial charge < -0.3 is 54.0 Å². The molecule has 0 radical (unpaired) electrons. The molecule has 0 heterocycles. The molecule has 0 bridgehead atoms. The van der Waals surface area contributed by atoms with Crippen molar-refractivity contribution in [1.29, 1.82) is 0 Å². The molecule has 0 spiro atoms. The molecule has 0 atom stereocenters. The molecule has 316 valence electrons. The van der Waals surface area contributed by atoms with E-state index in [4.69, 9.17) is 43.4 Å². The van der Waals surface area contributed by atoms with Crippen molar-refractivity contribution in [1.82, 2.24) is 10.6 Å². The number of unbranched alkanes of at least 4 members (excludes halogenated alkanes) is 7. The molecule has 55 heavy (non-hydrogen) atoms. The van der Waals surface area contributed by atoms with Crippen LogP contribution in [0.4, 0.5) is 9.59 Å². The summed E-state index contributed by atoms with van der Waals surface area (Å²) < 4.78 is 35.1. The molecule has 0 aromatic heterocycles. The van der Waals surface area contributed by atoms with Crippen molar-refractivity contribution in [3.8, 4) is 0 Å². The fraction of sp³-hybridized carbons (Fsp3) is 0.778. The summed E-state index contributed by atoms with van der Waals surface area (Å²) >= 11 is 0. The Morgan fingerprint density at radius 3 is 0.909 bits per heavy atom. The summed E-state index contributed by atoms with van der Waals surface area (Å²) in [6, 6.07) is 0. The maximum Gasteiger partial charge on any atom is 0.407 e. The molecule has 0 aromatic carbocycles. The van der Waals surface area contributed by atoms with E-state index in [1.165, 1.54) is 0 Å². The number of carbonyl (C=O) groups is 8. The van der Waals surface area contributed by atoms with Crippen molar-refractivity contribution >= 4 is 48.0 Å². The number of aliphatic carboxylic acids is 1. The van der Waals surface area contributed by atoms with Crippen molar-refractivity contribution in [2.24, 2.45) is 0 Å². The molecule has 2 amide bonds. The van der Waals surface area contributed by atoms with Gasteiger partial charge in [-0.2, -0.15) is 0 Å². The number of nitrogens with one attached hydrogen (secondary N) is 2. The Hall–Kier alpha value is -4.68. The van der Waals surface area contributed by atoms with Crippen LogP contribution in [0, 0.1) is 0 Å². The number of carbonyl (C=O) groups excluding carboxylic acids is 7. The average Bonchev–Trinajstić information content (AvgIpc) is 3.15. The molecule has 19 heteroatoms. The number of esters is 5. The summed E-state index contributed by atoms with van der Waals surface area (Å²) in [5.41, 5.74) is 0. The van der Waals surface area contributed by atoms with Crippen LogP contribution in [0.25, 0.3) is 0 Å². The minimum atomic E-state index is -1.06. The molecule has 0 aliphatic rings. The van der Waals surface area contributed by atoms with Crippen molar-refractivity contribution in [3.63, 3.8) is 0 Å². The number of aliphatic hydroxyl groups excluding tert-OH is 1. The van der Waals surface area contributed by atoms with Crippen LogP contribution in [0.1, 0.15) is 116 Å². The van der Waals surface area contributed by atoms with Crippen LogP contribution in [0.15, 0.2) is 0 Å². The number of ether oxygens (including phenoxy) is 7. The number of hydrogen-bond acceptors (Lipinski definition) is 16. The summed E-state index contributed by atoms with van der Waals surface area (Å²) in [6.07, 6.45) is 5.10. The molecule has 19 nitrogen and oxygen atoms in total. The Labute approximate surface area is 321 Å². The molecule has 0 fully saturated rings. The van der Waals surface area contributed by atoms with Crippen LogP contribution >= 0.6 is 0 Å². The fourth-order valence-corrected chi connectivity index (χ4v) is 4.15. The van der Waals surface area contributed by atoms with Gasteiger partial charge >= 0.3 is 48.0 Å². The summed E-state index contributed by atoms with van der Waals surface area (Å²) in [5.74, 6) is -3.77. The molecule has 0 aliphatic carbocycles. The zero-order valence-electron chi connectivity index (χ0n) is 31.8. The van der Waals surface area contributed by atoms with Gasteiger partial charge in [0.25, 0.3) is 0 Å². The number of amides is 2. The topological polar surface area (TPSA) is 266 Å². The van der Waals surface area contributed by atoms with Gasteiger partial charge in [-0.05, 0) is 64.2 Å². The Morgan fingerprint density at radius 1 is 0.345 bits per heavy atom. The third-order valence-corrected chi connectivity index (χ3v) is 7.20. The van der Waals surface area contributed by atoms with E-state index >= 15 is 0 Å². The monoisotopic (exact) mass is 792 g/mol. The van der Waals surface area contributed by atoms with Crippen LogP contribution in [-0.4, -0.2) is 124 Å². The Kier molecular flexibility index (Phi) is 33.2. The molecule has 0 aliphatic heterocycles. The van der Waals surface area contributed by atoms with Gasteiger partial charge in [0.1, 0.15) is 0 Å². The minimum absolute atomic E-state index is 0.0251. The van der Waals surface area contributed by atoms with Gasteiger partial charge in [-0.3, -0.25) is 28.8 Å². The molecule has 0 aromatic rings. The Bertz CT molecular complexity index is 1120. The highest BCUT2D eigenvalue weighted by atomic mass is 16.6. The summed E-state index contributed by atoms with van der Waals surface area (Å²) in [7, 11) is 0. The summed E-state index contributed by atoms with van der Waals surface area (Å²) in [5, 5.41) is 22.5. The molecular formula is C36H60N2O17. The average molecular weight is 793 g/mol.